The number of ether oxygens (including phenoxy) is 4. The Morgan fingerprint density at radius 2 is 1.05 bits per heavy atom. The number of unbranched alkanes of at least 4 members (excludes halogenated alkanes) is 6. The largest absolute Gasteiger partial charge is 0.494 e. The molecule has 0 atom stereocenters. The van der Waals surface area contributed by atoms with Crippen LogP contribution >= 0.6 is 0 Å². The first-order valence-corrected chi connectivity index (χ1v) is 13.4. The van der Waals surface area contributed by atoms with E-state index in [1.165, 1.54) is 44.0 Å². The number of carbonyl (C=O) groups is 2. The third-order valence-corrected chi connectivity index (χ3v) is 5.81. The summed E-state index contributed by atoms with van der Waals surface area (Å²) < 4.78 is 22.2. The van der Waals surface area contributed by atoms with E-state index in [0.717, 1.165) is 37.2 Å². The molecule has 1 heterocycles. The lowest BCUT2D eigenvalue weighted by molar-refractivity contribution is 0.0715. The number of hydrogen-bond donors (Lipinski definition) is 0. The van der Waals surface area contributed by atoms with Gasteiger partial charge in [0.2, 0.25) is 0 Å². The van der Waals surface area contributed by atoms with Crippen LogP contribution in [0, 0.1) is 0 Å². The summed E-state index contributed by atoms with van der Waals surface area (Å²) in [5, 5.41) is 0. The maximum absolute atomic E-state index is 12.5. The Morgan fingerprint density at radius 1 is 0.579 bits per heavy atom. The molecule has 0 N–H and O–H groups in total. The number of benzene rings is 2. The average Bonchev–Trinajstić information content (AvgIpc) is 2.94. The number of carbonyl (C=O) groups excluding carboxylic acids is 2. The van der Waals surface area contributed by atoms with E-state index < -0.39 is 11.9 Å². The summed E-state index contributed by atoms with van der Waals surface area (Å²) in [5.41, 5.74) is 0.302. The first-order chi connectivity index (χ1) is 18.6. The second kappa shape index (κ2) is 16.1. The normalized spacial score (nSPS) is 10.6. The Balaban J connectivity index is 1.44. The van der Waals surface area contributed by atoms with Crippen LogP contribution in [0.4, 0.5) is 0 Å². The maximum Gasteiger partial charge on any atom is 0.362 e. The third-order valence-electron chi connectivity index (χ3n) is 5.81. The SMILES string of the molecule is CCCCCCOc1ccc(OC(=O)c2ccc(C(=O)Oc3ccc(OCCCCCC)cc3)nc2)cc1. The van der Waals surface area contributed by atoms with E-state index in [9.17, 15) is 9.59 Å². The van der Waals surface area contributed by atoms with Crippen molar-refractivity contribution < 1.29 is 28.5 Å². The lowest BCUT2D eigenvalue weighted by Gasteiger charge is -2.08. The summed E-state index contributed by atoms with van der Waals surface area (Å²) in [6, 6.07) is 16.7. The van der Waals surface area contributed by atoms with Crippen LogP contribution < -0.4 is 18.9 Å². The Kier molecular flexibility index (Phi) is 12.1. The molecule has 0 amide bonds. The first-order valence-electron chi connectivity index (χ1n) is 13.4. The van der Waals surface area contributed by atoms with Crippen molar-refractivity contribution in [2.75, 3.05) is 13.2 Å². The maximum atomic E-state index is 12.5. The molecule has 3 rings (SSSR count). The van der Waals surface area contributed by atoms with Gasteiger partial charge in [-0.25, -0.2) is 14.6 Å². The number of pyridine rings is 1. The molecular formula is C31H37NO6. The summed E-state index contributed by atoms with van der Waals surface area (Å²) in [4.78, 5) is 29.0. The molecule has 0 saturated carbocycles. The van der Waals surface area contributed by atoms with Crippen LogP contribution in [0.1, 0.15) is 86.1 Å². The number of hydrogen-bond acceptors (Lipinski definition) is 7. The van der Waals surface area contributed by atoms with Gasteiger partial charge in [0.25, 0.3) is 0 Å². The van der Waals surface area contributed by atoms with Gasteiger partial charge in [-0.1, -0.05) is 52.4 Å². The van der Waals surface area contributed by atoms with Crippen molar-refractivity contribution in [3.63, 3.8) is 0 Å². The Hall–Kier alpha value is -3.87. The number of nitrogens with zero attached hydrogens (tertiary/aromatic N) is 1. The monoisotopic (exact) mass is 519 g/mol. The molecule has 2 aromatic carbocycles. The number of rotatable bonds is 16. The van der Waals surface area contributed by atoms with E-state index in [1.807, 2.05) is 0 Å². The van der Waals surface area contributed by atoms with Gasteiger partial charge in [-0.05, 0) is 73.5 Å². The van der Waals surface area contributed by atoms with Crippen LogP contribution in [0.25, 0.3) is 0 Å². The highest BCUT2D eigenvalue weighted by atomic mass is 16.5. The molecule has 0 bridgehead atoms. The molecule has 0 fully saturated rings. The van der Waals surface area contributed by atoms with Crippen LogP contribution in [0.15, 0.2) is 66.9 Å². The van der Waals surface area contributed by atoms with Crippen LogP contribution in [0.5, 0.6) is 23.0 Å². The van der Waals surface area contributed by atoms with Gasteiger partial charge >= 0.3 is 11.9 Å². The fourth-order valence-corrected chi connectivity index (χ4v) is 3.61. The molecule has 0 aliphatic rings. The minimum atomic E-state index is -0.622. The van der Waals surface area contributed by atoms with Gasteiger partial charge in [-0.2, -0.15) is 0 Å². The molecular weight excluding hydrogens is 482 g/mol. The summed E-state index contributed by atoms with van der Waals surface area (Å²) in [6.07, 6.45) is 10.4. The smallest absolute Gasteiger partial charge is 0.362 e. The average molecular weight is 520 g/mol. The molecule has 7 nitrogen and oxygen atoms in total. The zero-order chi connectivity index (χ0) is 27.0. The minimum Gasteiger partial charge on any atom is -0.494 e. The standard InChI is InChI=1S/C31H37NO6/c1-3-5-7-9-21-35-25-12-16-27(17-13-25)37-30(33)24-11-20-29(32-23-24)31(34)38-28-18-14-26(15-19-28)36-22-10-8-6-4-2/h11-20,23H,3-10,21-22H2,1-2H3. The summed E-state index contributed by atoms with van der Waals surface area (Å²) in [7, 11) is 0. The summed E-state index contributed by atoms with van der Waals surface area (Å²) >= 11 is 0. The van der Waals surface area contributed by atoms with E-state index in [0.29, 0.717) is 24.7 Å². The van der Waals surface area contributed by atoms with Gasteiger partial charge < -0.3 is 18.9 Å². The molecule has 0 saturated heterocycles. The number of esters is 2. The van der Waals surface area contributed by atoms with Crippen LogP contribution in [-0.2, 0) is 0 Å². The van der Waals surface area contributed by atoms with Crippen molar-refractivity contribution in [1.29, 1.82) is 0 Å². The lowest BCUT2D eigenvalue weighted by Crippen LogP contribution is -2.13. The molecule has 202 valence electrons. The minimum absolute atomic E-state index is 0.0817. The van der Waals surface area contributed by atoms with Gasteiger partial charge in [0.05, 0.1) is 18.8 Å². The molecule has 0 aliphatic carbocycles. The highest BCUT2D eigenvalue weighted by Gasteiger charge is 2.14. The Labute approximate surface area is 225 Å². The molecule has 7 heteroatoms. The molecule has 1 aromatic heterocycles. The highest BCUT2D eigenvalue weighted by Crippen LogP contribution is 2.21. The molecule has 3 aromatic rings. The number of aromatic nitrogens is 1. The summed E-state index contributed by atoms with van der Waals surface area (Å²) in [5.74, 6) is 1.04. The fraction of sp³-hybridized carbons (Fsp3) is 0.387. The molecule has 38 heavy (non-hydrogen) atoms. The molecule has 0 spiro atoms. The van der Waals surface area contributed by atoms with Crippen molar-refractivity contribution in [2.45, 2.75) is 65.2 Å². The van der Waals surface area contributed by atoms with E-state index >= 15 is 0 Å². The second-order valence-electron chi connectivity index (χ2n) is 8.97. The van der Waals surface area contributed by atoms with Gasteiger partial charge in [-0.3, -0.25) is 0 Å². The van der Waals surface area contributed by atoms with Crippen LogP contribution in [0.2, 0.25) is 0 Å². The van der Waals surface area contributed by atoms with Gasteiger partial charge in [0.1, 0.15) is 28.7 Å². The van der Waals surface area contributed by atoms with Gasteiger partial charge in [0, 0.05) is 6.20 Å². The van der Waals surface area contributed by atoms with Crippen molar-refractivity contribution in [2.24, 2.45) is 0 Å². The molecule has 0 radical (unpaired) electrons. The zero-order valence-corrected chi connectivity index (χ0v) is 22.3. The van der Waals surface area contributed by atoms with Crippen molar-refractivity contribution in [1.82, 2.24) is 4.98 Å². The highest BCUT2D eigenvalue weighted by molar-refractivity contribution is 5.93. The zero-order valence-electron chi connectivity index (χ0n) is 22.3. The van der Waals surface area contributed by atoms with E-state index in [2.05, 4.69) is 18.8 Å². The predicted octanol–water partition coefficient (Wildman–Crippen LogP) is 7.44. The topological polar surface area (TPSA) is 84.0 Å². The van der Waals surface area contributed by atoms with E-state index in [1.54, 1.807) is 48.5 Å². The fourth-order valence-electron chi connectivity index (χ4n) is 3.61. The molecule has 0 unspecified atom stereocenters. The van der Waals surface area contributed by atoms with E-state index in [4.69, 9.17) is 18.9 Å². The lowest BCUT2D eigenvalue weighted by atomic mass is 10.2. The second-order valence-corrected chi connectivity index (χ2v) is 8.97. The van der Waals surface area contributed by atoms with E-state index in [-0.39, 0.29) is 11.3 Å². The van der Waals surface area contributed by atoms with Crippen molar-refractivity contribution >= 4 is 11.9 Å². The van der Waals surface area contributed by atoms with Crippen LogP contribution in [0.3, 0.4) is 0 Å². The Morgan fingerprint density at radius 3 is 1.50 bits per heavy atom. The summed E-state index contributed by atoms with van der Waals surface area (Å²) in [6.45, 7) is 5.67. The quantitative estimate of drug-likeness (QED) is 0.110. The van der Waals surface area contributed by atoms with Gasteiger partial charge in [-0.15, -0.1) is 0 Å². The third kappa shape index (κ3) is 9.88. The van der Waals surface area contributed by atoms with Crippen LogP contribution in [-0.4, -0.2) is 30.1 Å². The van der Waals surface area contributed by atoms with Gasteiger partial charge in [0.15, 0.2) is 0 Å². The Bertz CT molecular complexity index is 1020. The van der Waals surface area contributed by atoms with Crippen molar-refractivity contribution in [3.8, 4) is 23.0 Å². The molecule has 0 aliphatic heterocycles. The first kappa shape index (κ1) is 28.7. The van der Waals surface area contributed by atoms with Crippen molar-refractivity contribution in [3.05, 3.63) is 78.1 Å². The predicted molar refractivity (Wildman–Crippen MR) is 146 cm³/mol.